The Kier molecular flexibility index (Phi) is 11.1. The second-order valence-corrected chi connectivity index (χ2v) is 16.9. The molecule has 0 heterocycles. The highest BCUT2D eigenvalue weighted by atomic mass is 32.2. The molecule has 4 aromatic rings. The van der Waals surface area contributed by atoms with Gasteiger partial charge in [-0.2, -0.15) is 33.7 Å². The van der Waals surface area contributed by atoms with E-state index in [2.05, 4.69) is 0 Å². The van der Waals surface area contributed by atoms with Crippen molar-refractivity contribution in [1.82, 2.24) is 0 Å². The first-order valence-electron chi connectivity index (χ1n) is 14.0. The molecule has 50 heavy (non-hydrogen) atoms. The molecule has 0 amide bonds. The van der Waals surface area contributed by atoms with Gasteiger partial charge in [0, 0.05) is 5.56 Å². The van der Waals surface area contributed by atoms with Gasteiger partial charge in [-0.25, -0.2) is 0 Å². The Morgan fingerprint density at radius 2 is 1.02 bits per heavy atom. The normalized spacial score (nSPS) is 12.1. The predicted octanol–water partition coefficient (Wildman–Crippen LogP) is 3.97. The molecule has 0 atom stereocenters. The van der Waals surface area contributed by atoms with E-state index < -0.39 is 63.5 Å². The molecule has 0 aliphatic rings. The molecule has 4 rings (SSSR count). The fraction of sp³-hybridized carbons (Fsp3) is 0.226. The van der Waals surface area contributed by atoms with Gasteiger partial charge >= 0.3 is 40.5 Å². The van der Waals surface area contributed by atoms with E-state index in [1.807, 2.05) is 0 Å². The lowest BCUT2D eigenvalue weighted by Gasteiger charge is -2.22. The van der Waals surface area contributed by atoms with Gasteiger partial charge in [0.1, 0.15) is 18.1 Å². The average molecular weight is 773 g/mol. The maximum absolute atomic E-state index is 12.6. The van der Waals surface area contributed by atoms with Crippen LogP contribution in [0.25, 0.3) is 22.3 Å². The van der Waals surface area contributed by atoms with E-state index in [0.29, 0.717) is 11.1 Å². The van der Waals surface area contributed by atoms with Crippen LogP contribution >= 0.6 is 0 Å². The van der Waals surface area contributed by atoms with Crippen molar-refractivity contribution in [1.29, 1.82) is 0 Å². The van der Waals surface area contributed by atoms with Gasteiger partial charge < -0.3 is 30.9 Å². The Balaban J connectivity index is 2.05. The number of benzene rings is 4. The van der Waals surface area contributed by atoms with Gasteiger partial charge in [-0.05, 0) is 47.0 Å². The third kappa shape index (κ3) is 10.4. The summed E-state index contributed by atoms with van der Waals surface area (Å²) >= 11 is 0. The number of ether oxygens (including phenoxy) is 3. The monoisotopic (exact) mass is 772 g/mol. The topological polar surface area (TPSA) is 201 Å². The van der Waals surface area contributed by atoms with Crippen molar-refractivity contribution in [3.05, 3.63) is 78.4 Å². The van der Waals surface area contributed by atoms with Crippen LogP contribution in [0.15, 0.2) is 72.8 Å². The molecular formula is C31H32O15S4. The molecule has 0 bridgehead atoms. The molecule has 0 aliphatic heterocycles. The van der Waals surface area contributed by atoms with Crippen LogP contribution in [0.3, 0.4) is 0 Å². The van der Waals surface area contributed by atoms with Gasteiger partial charge in [-0.3, -0.25) is 0 Å². The van der Waals surface area contributed by atoms with E-state index in [9.17, 15) is 33.7 Å². The molecule has 0 aromatic heterocycles. The van der Waals surface area contributed by atoms with Gasteiger partial charge in [0.25, 0.3) is 0 Å². The van der Waals surface area contributed by atoms with E-state index in [1.54, 1.807) is 30.3 Å². The fourth-order valence-corrected chi connectivity index (χ4v) is 6.43. The third-order valence-electron chi connectivity index (χ3n) is 6.29. The third-order valence-corrected chi connectivity index (χ3v) is 8.22. The Hall–Kier alpha value is -4.72. The number of hydrogen-bond donors (Lipinski definition) is 0. The van der Waals surface area contributed by atoms with Gasteiger partial charge in [0.2, 0.25) is 5.75 Å². The minimum Gasteiger partial charge on any atom is -0.496 e. The van der Waals surface area contributed by atoms with Gasteiger partial charge in [-0.15, -0.1) is 0 Å². The zero-order chi connectivity index (χ0) is 37.1. The van der Waals surface area contributed by atoms with Crippen LogP contribution in [0, 0.1) is 0 Å². The van der Waals surface area contributed by atoms with Gasteiger partial charge in [0.05, 0.1) is 44.8 Å². The van der Waals surface area contributed by atoms with Crippen LogP contribution in [0.2, 0.25) is 0 Å². The summed E-state index contributed by atoms with van der Waals surface area (Å²) in [5.41, 5.74) is 0.959. The highest BCUT2D eigenvalue weighted by Crippen LogP contribution is 2.53. The van der Waals surface area contributed by atoms with Crippen molar-refractivity contribution >= 4 is 40.5 Å². The van der Waals surface area contributed by atoms with Crippen molar-refractivity contribution in [2.45, 2.75) is 6.61 Å². The summed E-state index contributed by atoms with van der Waals surface area (Å²) in [5, 5.41) is 0. The van der Waals surface area contributed by atoms with Crippen molar-refractivity contribution in [3.63, 3.8) is 0 Å². The summed E-state index contributed by atoms with van der Waals surface area (Å²) in [7, 11) is -14.2. The molecule has 15 nitrogen and oxygen atoms in total. The molecule has 0 N–H and O–H groups in total. The summed E-state index contributed by atoms with van der Waals surface area (Å²) in [4.78, 5) is 0. The Bertz CT molecular complexity index is 2270. The Morgan fingerprint density at radius 3 is 1.48 bits per heavy atom. The molecule has 0 saturated carbocycles. The molecule has 0 unspecified atom stereocenters. The van der Waals surface area contributed by atoms with E-state index in [0.717, 1.165) is 37.2 Å². The predicted molar refractivity (Wildman–Crippen MR) is 183 cm³/mol. The largest absolute Gasteiger partial charge is 0.496 e. The van der Waals surface area contributed by atoms with Crippen molar-refractivity contribution in [2.24, 2.45) is 0 Å². The van der Waals surface area contributed by atoms with Gasteiger partial charge in [0.15, 0.2) is 23.0 Å². The first kappa shape index (κ1) is 38.1. The van der Waals surface area contributed by atoms with Crippen molar-refractivity contribution in [2.75, 3.05) is 39.2 Å². The molecule has 4 aromatic carbocycles. The summed E-state index contributed by atoms with van der Waals surface area (Å²) in [6.45, 7) is -0.164. The van der Waals surface area contributed by atoms with Crippen LogP contribution in [-0.4, -0.2) is 72.9 Å². The summed E-state index contributed by atoms with van der Waals surface area (Å²) in [6.07, 6.45) is 3.15. The second-order valence-electron chi connectivity index (χ2n) is 10.6. The molecule has 19 heteroatoms. The highest BCUT2D eigenvalue weighted by Gasteiger charge is 2.30. The molecule has 0 fully saturated rings. The number of methoxy groups -OCH3 is 2. The average Bonchev–Trinajstić information content (AvgIpc) is 2.98. The molecule has 0 aliphatic carbocycles. The maximum atomic E-state index is 12.6. The maximum Gasteiger partial charge on any atom is 0.306 e. The summed E-state index contributed by atoms with van der Waals surface area (Å²) in [5.74, 6) is -2.12. The lowest BCUT2D eigenvalue weighted by atomic mass is 9.96. The lowest BCUT2D eigenvalue weighted by Crippen LogP contribution is -2.12. The SMILES string of the molecule is COc1cc(-c2ccc(OS(C)(=O)=O)cc2)c(OC)c(OS(C)(=O)=O)c1-c1cc(OS(C)(=O)=O)c(OCc2ccccc2)c(OS(C)(=O)=O)c1. The fourth-order valence-electron chi connectivity index (χ4n) is 4.61. The molecule has 270 valence electrons. The smallest absolute Gasteiger partial charge is 0.306 e. The van der Waals surface area contributed by atoms with Crippen LogP contribution in [0.5, 0.6) is 40.2 Å². The van der Waals surface area contributed by atoms with E-state index in [-0.39, 0.29) is 40.5 Å². The molecule has 0 spiro atoms. The zero-order valence-electron chi connectivity index (χ0n) is 27.4. The van der Waals surface area contributed by atoms with Crippen molar-refractivity contribution < 1.29 is 64.6 Å². The van der Waals surface area contributed by atoms with E-state index >= 15 is 0 Å². The van der Waals surface area contributed by atoms with Crippen LogP contribution in [0.1, 0.15) is 5.56 Å². The second kappa shape index (κ2) is 14.6. The van der Waals surface area contributed by atoms with Crippen LogP contribution in [0.4, 0.5) is 0 Å². The van der Waals surface area contributed by atoms with Gasteiger partial charge in [-0.1, -0.05) is 42.5 Å². The minimum atomic E-state index is -4.32. The number of rotatable bonds is 15. The molecule has 0 saturated heterocycles. The number of hydrogen-bond acceptors (Lipinski definition) is 15. The van der Waals surface area contributed by atoms with E-state index in [1.165, 1.54) is 44.6 Å². The molecule has 0 radical (unpaired) electrons. The zero-order valence-corrected chi connectivity index (χ0v) is 30.7. The first-order chi connectivity index (χ1) is 23.2. The summed E-state index contributed by atoms with van der Waals surface area (Å²) < 4.78 is 136. The van der Waals surface area contributed by atoms with Crippen LogP contribution in [-0.2, 0) is 47.1 Å². The summed E-state index contributed by atoms with van der Waals surface area (Å²) in [6, 6.07) is 18.0. The van der Waals surface area contributed by atoms with Crippen LogP contribution < -0.4 is 30.9 Å². The highest BCUT2D eigenvalue weighted by molar-refractivity contribution is 7.87. The first-order valence-corrected chi connectivity index (χ1v) is 21.3. The minimum absolute atomic E-state index is 0.00204. The Morgan fingerprint density at radius 1 is 0.500 bits per heavy atom. The standard InChI is InChI=1S/C31H32O15S4/c1-40-25-18-24(21-12-14-23(15-13-21)43-47(3,32)33)29(41-2)31(46-50(6,38)39)28(25)22-16-26(44-48(4,34)35)30(27(17-22)45-49(5,36)37)42-19-20-10-8-7-9-11-20/h7-18H,19H2,1-6H3. The lowest BCUT2D eigenvalue weighted by molar-refractivity contribution is 0.287. The molecular weight excluding hydrogens is 741 g/mol. The van der Waals surface area contributed by atoms with Crippen molar-refractivity contribution in [3.8, 4) is 62.5 Å². The van der Waals surface area contributed by atoms with E-state index in [4.69, 9.17) is 30.9 Å². The quantitative estimate of drug-likeness (QED) is 0.157. The Labute approximate surface area is 290 Å².